The monoisotopic (exact) mass is 313 g/mol. The van der Waals surface area contributed by atoms with Crippen molar-refractivity contribution < 1.29 is 19.1 Å². The van der Waals surface area contributed by atoms with Gasteiger partial charge in [0.25, 0.3) is 0 Å². The SMILES string of the molecule is C=C(NOC)C(=O)Oc1ccccc1COc1ccccc1C. The highest BCUT2D eigenvalue weighted by Crippen LogP contribution is 2.23. The van der Waals surface area contributed by atoms with Gasteiger partial charge in [-0.1, -0.05) is 43.0 Å². The Hall–Kier alpha value is -2.79. The van der Waals surface area contributed by atoms with E-state index >= 15 is 0 Å². The van der Waals surface area contributed by atoms with Crippen LogP contribution >= 0.6 is 0 Å². The Kier molecular flexibility index (Phi) is 5.77. The number of carbonyl (C=O) groups excluding carboxylic acids is 1. The molecule has 0 bridgehead atoms. The van der Waals surface area contributed by atoms with Gasteiger partial charge >= 0.3 is 5.97 Å². The minimum atomic E-state index is -0.616. The number of hydrogen-bond donors (Lipinski definition) is 1. The standard InChI is InChI=1S/C18H19NO4/c1-13-8-4-6-10-16(13)22-12-15-9-5-7-11-17(15)23-18(20)14(2)19-21-3/h4-11,19H,2,12H2,1,3H3. The van der Waals surface area contributed by atoms with Crippen molar-refractivity contribution >= 4 is 5.97 Å². The first-order valence-electron chi connectivity index (χ1n) is 7.08. The molecule has 0 saturated heterocycles. The second-order valence-corrected chi connectivity index (χ2v) is 4.84. The van der Waals surface area contributed by atoms with Crippen LogP contribution in [0, 0.1) is 6.92 Å². The van der Waals surface area contributed by atoms with Gasteiger partial charge in [-0.05, 0) is 24.6 Å². The van der Waals surface area contributed by atoms with Gasteiger partial charge in [-0.2, -0.15) is 0 Å². The van der Waals surface area contributed by atoms with Crippen LogP contribution in [0.2, 0.25) is 0 Å². The van der Waals surface area contributed by atoms with E-state index in [0.717, 1.165) is 16.9 Å². The summed E-state index contributed by atoms with van der Waals surface area (Å²) in [4.78, 5) is 16.5. The highest BCUT2D eigenvalue weighted by Gasteiger charge is 2.13. The Bertz CT molecular complexity index is 697. The lowest BCUT2D eigenvalue weighted by atomic mass is 10.2. The number of ether oxygens (including phenoxy) is 2. The van der Waals surface area contributed by atoms with Gasteiger partial charge in [0.05, 0.1) is 7.11 Å². The molecule has 0 aliphatic carbocycles. The summed E-state index contributed by atoms with van der Waals surface area (Å²) in [7, 11) is 1.39. The van der Waals surface area contributed by atoms with Gasteiger partial charge in [-0.15, -0.1) is 0 Å². The number of nitrogens with one attached hydrogen (secondary N) is 1. The van der Waals surface area contributed by atoms with Crippen molar-refractivity contribution in [2.75, 3.05) is 7.11 Å². The summed E-state index contributed by atoms with van der Waals surface area (Å²) >= 11 is 0. The lowest BCUT2D eigenvalue weighted by Crippen LogP contribution is -2.22. The summed E-state index contributed by atoms with van der Waals surface area (Å²) in [5, 5.41) is 0. The van der Waals surface area contributed by atoms with Crippen LogP contribution < -0.4 is 15.0 Å². The highest BCUT2D eigenvalue weighted by molar-refractivity contribution is 5.88. The largest absolute Gasteiger partial charge is 0.488 e. The summed E-state index contributed by atoms with van der Waals surface area (Å²) in [5.74, 6) is 0.597. The molecule has 5 nitrogen and oxygen atoms in total. The molecule has 120 valence electrons. The molecule has 0 spiro atoms. The van der Waals surface area contributed by atoms with Crippen molar-refractivity contribution in [3.63, 3.8) is 0 Å². The maximum absolute atomic E-state index is 11.9. The minimum absolute atomic E-state index is 0.0159. The van der Waals surface area contributed by atoms with E-state index < -0.39 is 5.97 Å². The van der Waals surface area contributed by atoms with Crippen molar-refractivity contribution in [3.8, 4) is 11.5 Å². The van der Waals surface area contributed by atoms with E-state index in [1.807, 2.05) is 43.3 Å². The fourth-order valence-corrected chi connectivity index (χ4v) is 1.92. The van der Waals surface area contributed by atoms with E-state index in [1.54, 1.807) is 12.1 Å². The normalized spacial score (nSPS) is 10.0. The zero-order valence-electron chi connectivity index (χ0n) is 13.2. The Morgan fingerprint density at radius 2 is 1.74 bits per heavy atom. The summed E-state index contributed by atoms with van der Waals surface area (Å²) in [5.41, 5.74) is 4.17. The quantitative estimate of drug-likeness (QED) is 0.368. The Labute approximate surface area is 135 Å². The fraction of sp³-hybridized carbons (Fsp3) is 0.167. The Morgan fingerprint density at radius 1 is 1.09 bits per heavy atom. The van der Waals surface area contributed by atoms with Crippen LogP contribution in [0.4, 0.5) is 0 Å². The fourth-order valence-electron chi connectivity index (χ4n) is 1.92. The van der Waals surface area contributed by atoms with Crippen LogP contribution in [-0.4, -0.2) is 13.1 Å². The van der Waals surface area contributed by atoms with Crippen LogP contribution in [0.15, 0.2) is 60.8 Å². The van der Waals surface area contributed by atoms with Crippen LogP contribution in [-0.2, 0) is 16.2 Å². The average Bonchev–Trinajstić information content (AvgIpc) is 2.55. The molecule has 23 heavy (non-hydrogen) atoms. The summed E-state index contributed by atoms with van der Waals surface area (Å²) in [6.07, 6.45) is 0. The number of benzene rings is 2. The number of hydroxylamine groups is 1. The third-order valence-electron chi connectivity index (χ3n) is 3.12. The number of esters is 1. The molecule has 0 aromatic heterocycles. The smallest absolute Gasteiger partial charge is 0.361 e. The van der Waals surface area contributed by atoms with Gasteiger partial charge < -0.3 is 9.47 Å². The van der Waals surface area contributed by atoms with E-state index in [9.17, 15) is 4.79 Å². The number of rotatable bonds is 7. The molecule has 0 fully saturated rings. The van der Waals surface area contributed by atoms with E-state index in [-0.39, 0.29) is 5.70 Å². The first-order valence-corrected chi connectivity index (χ1v) is 7.08. The Balaban J connectivity index is 2.07. The van der Waals surface area contributed by atoms with E-state index in [1.165, 1.54) is 7.11 Å². The third-order valence-corrected chi connectivity index (χ3v) is 3.12. The minimum Gasteiger partial charge on any atom is -0.488 e. The van der Waals surface area contributed by atoms with Crippen molar-refractivity contribution in [2.24, 2.45) is 0 Å². The van der Waals surface area contributed by atoms with Gasteiger partial charge in [0.2, 0.25) is 0 Å². The van der Waals surface area contributed by atoms with Gasteiger partial charge in [-0.25, -0.2) is 4.79 Å². The van der Waals surface area contributed by atoms with Gasteiger partial charge in [0.15, 0.2) is 0 Å². The maximum Gasteiger partial charge on any atom is 0.361 e. The van der Waals surface area contributed by atoms with Gasteiger partial charge in [0, 0.05) is 5.56 Å². The molecule has 0 amide bonds. The molecule has 2 aromatic carbocycles. The highest BCUT2D eigenvalue weighted by atomic mass is 16.6. The van der Waals surface area contributed by atoms with Crippen molar-refractivity contribution in [2.45, 2.75) is 13.5 Å². The molecule has 0 saturated carbocycles. The van der Waals surface area contributed by atoms with E-state index in [4.69, 9.17) is 9.47 Å². The van der Waals surface area contributed by atoms with Crippen LogP contribution in [0.25, 0.3) is 0 Å². The molecule has 0 atom stereocenters. The molecular formula is C18H19NO4. The van der Waals surface area contributed by atoms with E-state index in [2.05, 4.69) is 16.9 Å². The zero-order valence-corrected chi connectivity index (χ0v) is 13.2. The molecule has 0 unspecified atom stereocenters. The second-order valence-electron chi connectivity index (χ2n) is 4.84. The van der Waals surface area contributed by atoms with Crippen LogP contribution in [0.5, 0.6) is 11.5 Å². The average molecular weight is 313 g/mol. The predicted molar refractivity (Wildman–Crippen MR) is 86.9 cm³/mol. The molecule has 0 heterocycles. The number of aryl methyl sites for hydroxylation is 1. The lowest BCUT2D eigenvalue weighted by Gasteiger charge is -2.13. The van der Waals surface area contributed by atoms with Gasteiger partial charge in [0.1, 0.15) is 23.8 Å². The topological polar surface area (TPSA) is 56.8 Å². The first-order chi connectivity index (χ1) is 11.1. The number of para-hydroxylation sites is 2. The zero-order chi connectivity index (χ0) is 16.7. The van der Waals surface area contributed by atoms with Crippen molar-refractivity contribution in [1.29, 1.82) is 0 Å². The molecule has 0 aliphatic heterocycles. The van der Waals surface area contributed by atoms with Crippen LogP contribution in [0.1, 0.15) is 11.1 Å². The predicted octanol–water partition coefficient (Wildman–Crippen LogP) is 3.14. The summed E-state index contributed by atoms with van der Waals surface area (Å²) in [6.45, 7) is 5.80. The molecule has 2 aromatic rings. The van der Waals surface area contributed by atoms with E-state index in [0.29, 0.717) is 12.4 Å². The van der Waals surface area contributed by atoms with Gasteiger partial charge in [-0.3, -0.25) is 10.3 Å². The molecule has 1 N–H and O–H groups in total. The lowest BCUT2D eigenvalue weighted by molar-refractivity contribution is -0.131. The summed E-state index contributed by atoms with van der Waals surface area (Å²) in [6, 6.07) is 14.9. The molecule has 0 aliphatic rings. The molecular weight excluding hydrogens is 294 g/mol. The molecule has 0 radical (unpaired) electrons. The summed E-state index contributed by atoms with van der Waals surface area (Å²) < 4.78 is 11.1. The van der Waals surface area contributed by atoms with Crippen molar-refractivity contribution in [1.82, 2.24) is 5.48 Å². The van der Waals surface area contributed by atoms with Crippen LogP contribution in [0.3, 0.4) is 0 Å². The molecule has 2 rings (SSSR count). The number of carbonyl (C=O) groups is 1. The molecule has 5 heteroatoms. The first kappa shape index (κ1) is 16.6. The maximum atomic E-state index is 11.9. The third kappa shape index (κ3) is 4.59. The second kappa shape index (κ2) is 8.00. The van der Waals surface area contributed by atoms with Crippen molar-refractivity contribution in [3.05, 3.63) is 71.9 Å². The number of hydrogen-bond acceptors (Lipinski definition) is 5. The Morgan fingerprint density at radius 3 is 2.43 bits per heavy atom.